The van der Waals surface area contributed by atoms with Crippen molar-refractivity contribution in [3.63, 3.8) is 0 Å². The van der Waals surface area contributed by atoms with Gasteiger partial charge < -0.3 is 14.6 Å². The molecule has 1 aromatic heterocycles. The van der Waals surface area contributed by atoms with Gasteiger partial charge in [0.15, 0.2) is 6.04 Å². The first-order valence-corrected chi connectivity index (χ1v) is 6.03. The molecular formula is C14H15N3O3. The number of nitrogens with one attached hydrogen (secondary N) is 1. The fourth-order valence-electron chi connectivity index (χ4n) is 1.82. The summed E-state index contributed by atoms with van der Waals surface area (Å²) in [5.74, 6) is -0.907. The highest BCUT2D eigenvalue weighted by Gasteiger charge is 2.24. The van der Waals surface area contributed by atoms with Gasteiger partial charge in [0.05, 0.1) is 19.6 Å². The van der Waals surface area contributed by atoms with Crippen LogP contribution in [0.2, 0.25) is 0 Å². The Hall–Kier alpha value is -2.63. The monoisotopic (exact) mass is 273 g/mol. The smallest absolute Gasteiger partial charge is 0.333 e. The van der Waals surface area contributed by atoms with Crippen LogP contribution in [-0.4, -0.2) is 28.5 Å². The molecule has 0 aliphatic heterocycles. The molecule has 0 bridgehead atoms. The van der Waals surface area contributed by atoms with E-state index in [1.165, 1.54) is 19.6 Å². The van der Waals surface area contributed by atoms with Gasteiger partial charge in [0.1, 0.15) is 5.69 Å². The van der Waals surface area contributed by atoms with Gasteiger partial charge in [-0.3, -0.25) is 4.79 Å². The van der Waals surface area contributed by atoms with E-state index < -0.39 is 12.0 Å². The second kappa shape index (κ2) is 6.01. The molecule has 104 valence electrons. The molecule has 6 nitrogen and oxygen atoms in total. The predicted molar refractivity (Wildman–Crippen MR) is 71.9 cm³/mol. The Morgan fingerprint density at radius 2 is 2.00 bits per heavy atom. The zero-order chi connectivity index (χ0) is 14.5. The van der Waals surface area contributed by atoms with Crippen molar-refractivity contribution in [2.45, 2.75) is 6.04 Å². The Balaban J connectivity index is 2.23. The zero-order valence-corrected chi connectivity index (χ0v) is 11.2. The second-order valence-electron chi connectivity index (χ2n) is 4.23. The maximum absolute atomic E-state index is 12.2. The summed E-state index contributed by atoms with van der Waals surface area (Å²) in [6.07, 6.45) is 2.96. The number of rotatable bonds is 4. The lowest BCUT2D eigenvalue weighted by molar-refractivity contribution is -0.143. The number of hydrogen-bond donors (Lipinski definition) is 1. The number of benzene rings is 1. The number of imidazole rings is 1. The number of esters is 1. The SMILES string of the molecule is COC(=O)C(NC(=O)c1cncn1C)c1ccccc1. The average Bonchev–Trinajstić information content (AvgIpc) is 2.91. The minimum Gasteiger partial charge on any atom is -0.467 e. The summed E-state index contributed by atoms with van der Waals surface area (Å²) in [7, 11) is 2.99. The highest BCUT2D eigenvalue weighted by Crippen LogP contribution is 2.15. The van der Waals surface area contributed by atoms with Crippen molar-refractivity contribution in [1.82, 2.24) is 14.9 Å². The van der Waals surface area contributed by atoms with Crippen molar-refractivity contribution in [2.75, 3.05) is 7.11 Å². The summed E-state index contributed by atoms with van der Waals surface area (Å²) in [5.41, 5.74) is 1.03. The van der Waals surface area contributed by atoms with E-state index in [0.717, 1.165) is 0 Å². The lowest BCUT2D eigenvalue weighted by Crippen LogP contribution is -2.35. The van der Waals surface area contributed by atoms with E-state index in [4.69, 9.17) is 4.74 Å². The molecule has 0 fully saturated rings. The van der Waals surface area contributed by atoms with E-state index in [1.807, 2.05) is 6.07 Å². The molecule has 1 heterocycles. The van der Waals surface area contributed by atoms with Gasteiger partial charge in [-0.05, 0) is 5.56 Å². The molecule has 1 unspecified atom stereocenters. The zero-order valence-electron chi connectivity index (χ0n) is 11.2. The summed E-state index contributed by atoms with van der Waals surface area (Å²) >= 11 is 0. The topological polar surface area (TPSA) is 73.2 Å². The van der Waals surface area contributed by atoms with Crippen molar-refractivity contribution >= 4 is 11.9 Å². The van der Waals surface area contributed by atoms with Gasteiger partial charge in [0.25, 0.3) is 5.91 Å². The summed E-state index contributed by atoms with van der Waals surface area (Å²) in [6, 6.07) is 8.09. The van der Waals surface area contributed by atoms with Gasteiger partial charge >= 0.3 is 5.97 Å². The van der Waals surface area contributed by atoms with Crippen molar-refractivity contribution < 1.29 is 14.3 Å². The predicted octanol–water partition coefficient (Wildman–Crippen LogP) is 1.06. The fraction of sp³-hybridized carbons (Fsp3) is 0.214. The van der Waals surface area contributed by atoms with E-state index in [9.17, 15) is 9.59 Å². The van der Waals surface area contributed by atoms with Crippen LogP contribution in [0.15, 0.2) is 42.9 Å². The number of aryl methyl sites for hydroxylation is 1. The molecule has 20 heavy (non-hydrogen) atoms. The van der Waals surface area contributed by atoms with Crippen LogP contribution in [0.5, 0.6) is 0 Å². The van der Waals surface area contributed by atoms with Crippen LogP contribution in [0.1, 0.15) is 22.1 Å². The number of methoxy groups -OCH3 is 1. The largest absolute Gasteiger partial charge is 0.467 e. The van der Waals surface area contributed by atoms with Gasteiger partial charge in [0.2, 0.25) is 0 Å². The highest BCUT2D eigenvalue weighted by atomic mass is 16.5. The van der Waals surface area contributed by atoms with Crippen molar-refractivity contribution in [1.29, 1.82) is 0 Å². The quantitative estimate of drug-likeness (QED) is 0.845. The van der Waals surface area contributed by atoms with Crippen LogP contribution in [0.4, 0.5) is 0 Å². The minimum atomic E-state index is -0.844. The molecule has 1 aromatic carbocycles. The van der Waals surface area contributed by atoms with Crippen LogP contribution in [0.25, 0.3) is 0 Å². The van der Waals surface area contributed by atoms with Crippen molar-refractivity contribution in [3.05, 3.63) is 54.1 Å². The summed E-state index contributed by atoms with van der Waals surface area (Å²) in [4.78, 5) is 27.9. The van der Waals surface area contributed by atoms with Crippen LogP contribution in [0, 0.1) is 0 Å². The van der Waals surface area contributed by atoms with E-state index in [1.54, 1.807) is 35.9 Å². The van der Waals surface area contributed by atoms with Crippen molar-refractivity contribution in [2.24, 2.45) is 7.05 Å². The Morgan fingerprint density at radius 1 is 1.30 bits per heavy atom. The Kier molecular flexibility index (Phi) is 4.14. The molecule has 0 radical (unpaired) electrons. The van der Waals surface area contributed by atoms with Gasteiger partial charge in [-0.15, -0.1) is 0 Å². The van der Waals surface area contributed by atoms with Gasteiger partial charge in [-0.25, -0.2) is 9.78 Å². The molecule has 0 spiro atoms. The van der Waals surface area contributed by atoms with E-state index in [2.05, 4.69) is 10.3 Å². The van der Waals surface area contributed by atoms with Gasteiger partial charge in [0, 0.05) is 7.05 Å². The second-order valence-corrected chi connectivity index (χ2v) is 4.23. The normalized spacial score (nSPS) is 11.7. The number of carbonyl (C=O) groups excluding carboxylic acids is 2. The van der Waals surface area contributed by atoms with E-state index >= 15 is 0 Å². The molecule has 0 aliphatic carbocycles. The third-order valence-electron chi connectivity index (χ3n) is 2.89. The lowest BCUT2D eigenvalue weighted by atomic mass is 10.1. The maximum atomic E-state index is 12.2. The van der Waals surface area contributed by atoms with E-state index in [0.29, 0.717) is 11.3 Å². The first-order valence-electron chi connectivity index (χ1n) is 6.03. The van der Waals surface area contributed by atoms with Gasteiger partial charge in [-0.2, -0.15) is 0 Å². The number of aromatic nitrogens is 2. The number of carbonyl (C=O) groups is 2. The molecular weight excluding hydrogens is 258 g/mol. The molecule has 1 N–H and O–H groups in total. The standard InChI is InChI=1S/C14H15N3O3/c1-17-9-15-8-11(17)13(18)16-12(14(19)20-2)10-6-4-3-5-7-10/h3-9,12H,1-2H3,(H,16,18). The molecule has 0 aliphatic rings. The number of ether oxygens (including phenoxy) is 1. The Labute approximate surface area is 116 Å². The van der Waals surface area contributed by atoms with Crippen molar-refractivity contribution in [3.8, 4) is 0 Å². The molecule has 0 saturated carbocycles. The number of nitrogens with zero attached hydrogens (tertiary/aromatic N) is 2. The third-order valence-corrected chi connectivity index (χ3v) is 2.89. The van der Waals surface area contributed by atoms with Crippen LogP contribution >= 0.6 is 0 Å². The molecule has 2 rings (SSSR count). The highest BCUT2D eigenvalue weighted by molar-refractivity contribution is 5.95. The molecule has 6 heteroatoms. The fourth-order valence-corrected chi connectivity index (χ4v) is 1.82. The molecule has 1 atom stereocenters. The molecule has 1 amide bonds. The number of hydrogen-bond acceptors (Lipinski definition) is 4. The number of amides is 1. The Morgan fingerprint density at radius 3 is 2.55 bits per heavy atom. The average molecular weight is 273 g/mol. The van der Waals surface area contributed by atoms with Crippen LogP contribution < -0.4 is 5.32 Å². The van der Waals surface area contributed by atoms with Crippen LogP contribution in [-0.2, 0) is 16.6 Å². The molecule has 0 saturated heterocycles. The van der Waals surface area contributed by atoms with Crippen LogP contribution in [0.3, 0.4) is 0 Å². The summed E-state index contributed by atoms with van der Waals surface area (Å²) in [5, 5.41) is 2.65. The third kappa shape index (κ3) is 2.85. The Bertz CT molecular complexity index is 607. The van der Waals surface area contributed by atoms with E-state index in [-0.39, 0.29) is 5.91 Å². The van der Waals surface area contributed by atoms with Gasteiger partial charge in [-0.1, -0.05) is 30.3 Å². The minimum absolute atomic E-state index is 0.370. The lowest BCUT2D eigenvalue weighted by Gasteiger charge is -2.16. The molecule has 2 aromatic rings. The first kappa shape index (κ1) is 13.8. The maximum Gasteiger partial charge on any atom is 0.333 e. The first-order chi connectivity index (χ1) is 9.63. The summed E-state index contributed by atoms with van der Waals surface area (Å²) < 4.78 is 6.32. The summed E-state index contributed by atoms with van der Waals surface area (Å²) in [6.45, 7) is 0.